The predicted molar refractivity (Wildman–Crippen MR) is 139 cm³/mol. The lowest BCUT2D eigenvalue weighted by atomic mass is 9.94. The molecular formula is C29H26N4O4. The van der Waals surface area contributed by atoms with Crippen molar-refractivity contribution in [3.8, 4) is 22.9 Å². The Morgan fingerprint density at radius 2 is 1.73 bits per heavy atom. The molecule has 0 saturated carbocycles. The highest BCUT2D eigenvalue weighted by Gasteiger charge is 2.37. The summed E-state index contributed by atoms with van der Waals surface area (Å²) in [5.74, 6) is 2.11. The molecule has 3 heterocycles. The van der Waals surface area contributed by atoms with E-state index in [1.165, 1.54) is 5.56 Å². The number of nitrogens with one attached hydrogen (secondary N) is 1. The molecule has 0 aliphatic carbocycles. The van der Waals surface area contributed by atoms with Crippen molar-refractivity contribution in [2.75, 3.05) is 18.1 Å². The van der Waals surface area contributed by atoms with Gasteiger partial charge in [0, 0.05) is 17.3 Å². The first-order valence-corrected chi connectivity index (χ1v) is 12.3. The molecule has 186 valence electrons. The summed E-state index contributed by atoms with van der Waals surface area (Å²) in [5.41, 5.74) is 5.08. The maximum absolute atomic E-state index is 13.5. The largest absolute Gasteiger partial charge is 0.486 e. The molecule has 3 aromatic carbocycles. The van der Waals surface area contributed by atoms with Crippen molar-refractivity contribution < 1.29 is 18.8 Å². The monoisotopic (exact) mass is 494 g/mol. The normalized spacial score (nSPS) is 17.1. The van der Waals surface area contributed by atoms with E-state index in [-0.39, 0.29) is 6.03 Å². The van der Waals surface area contributed by atoms with Gasteiger partial charge in [-0.15, -0.1) is 0 Å². The lowest BCUT2D eigenvalue weighted by Gasteiger charge is -2.35. The van der Waals surface area contributed by atoms with Crippen LogP contribution in [0.25, 0.3) is 17.0 Å². The SMILES string of the molecule is CCc1ccc(-c2noc(C3=C(C)N(c4ccc5c(c4)OCCO5)C(=O)NC3c3ccccc3)n2)cc1. The van der Waals surface area contributed by atoms with E-state index >= 15 is 0 Å². The van der Waals surface area contributed by atoms with Gasteiger partial charge in [-0.2, -0.15) is 4.98 Å². The van der Waals surface area contributed by atoms with Crippen molar-refractivity contribution in [1.82, 2.24) is 15.5 Å². The fourth-order valence-electron chi connectivity index (χ4n) is 4.74. The molecule has 2 aliphatic heterocycles. The number of carbonyl (C=O) groups is 1. The number of fused-ring (bicyclic) bond motifs is 1. The van der Waals surface area contributed by atoms with Gasteiger partial charge in [0.25, 0.3) is 5.89 Å². The van der Waals surface area contributed by atoms with Crippen LogP contribution >= 0.6 is 0 Å². The number of ether oxygens (including phenoxy) is 2. The van der Waals surface area contributed by atoms with Crippen molar-refractivity contribution in [1.29, 1.82) is 0 Å². The molecule has 0 radical (unpaired) electrons. The lowest BCUT2D eigenvalue weighted by Crippen LogP contribution is -2.46. The number of allylic oxidation sites excluding steroid dienone is 1. The number of carbonyl (C=O) groups excluding carboxylic acids is 1. The fraction of sp³-hybridized carbons (Fsp3) is 0.207. The highest BCUT2D eigenvalue weighted by molar-refractivity contribution is 6.01. The summed E-state index contributed by atoms with van der Waals surface area (Å²) >= 11 is 0. The van der Waals surface area contributed by atoms with Crippen molar-refractivity contribution >= 4 is 17.3 Å². The summed E-state index contributed by atoms with van der Waals surface area (Å²) in [4.78, 5) is 19.8. The van der Waals surface area contributed by atoms with Gasteiger partial charge >= 0.3 is 6.03 Å². The molecule has 0 saturated heterocycles. The minimum Gasteiger partial charge on any atom is -0.486 e. The number of benzene rings is 3. The Morgan fingerprint density at radius 3 is 2.49 bits per heavy atom. The van der Waals surface area contributed by atoms with Crippen LogP contribution in [0.2, 0.25) is 0 Å². The van der Waals surface area contributed by atoms with Crippen molar-refractivity contribution in [2.24, 2.45) is 0 Å². The molecule has 0 fully saturated rings. The van der Waals surface area contributed by atoms with Gasteiger partial charge in [0.1, 0.15) is 13.2 Å². The summed E-state index contributed by atoms with van der Waals surface area (Å²) in [5, 5.41) is 7.40. The molecule has 1 aromatic heterocycles. The van der Waals surface area contributed by atoms with E-state index in [4.69, 9.17) is 19.0 Å². The molecular weight excluding hydrogens is 468 g/mol. The maximum Gasteiger partial charge on any atom is 0.327 e. The Kier molecular flexibility index (Phi) is 5.84. The summed E-state index contributed by atoms with van der Waals surface area (Å²) in [7, 11) is 0. The number of amides is 2. The third kappa shape index (κ3) is 4.20. The zero-order valence-corrected chi connectivity index (χ0v) is 20.6. The Labute approximate surface area is 214 Å². The highest BCUT2D eigenvalue weighted by Crippen LogP contribution is 2.41. The number of hydrogen-bond donors (Lipinski definition) is 1. The molecule has 0 bridgehead atoms. The maximum atomic E-state index is 13.5. The first-order valence-electron chi connectivity index (χ1n) is 12.3. The highest BCUT2D eigenvalue weighted by atomic mass is 16.6. The molecule has 6 rings (SSSR count). The topological polar surface area (TPSA) is 89.7 Å². The first kappa shape index (κ1) is 22.8. The van der Waals surface area contributed by atoms with E-state index in [0.717, 1.165) is 23.1 Å². The minimum atomic E-state index is -0.460. The zero-order valence-electron chi connectivity index (χ0n) is 20.6. The molecule has 2 aliphatic rings. The van der Waals surface area contributed by atoms with Gasteiger partial charge in [-0.05, 0) is 36.6 Å². The molecule has 1 N–H and O–H groups in total. The molecule has 37 heavy (non-hydrogen) atoms. The van der Waals surface area contributed by atoms with Gasteiger partial charge in [0.15, 0.2) is 11.5 Å². The average molecular weight is 495 g/mol. The van der Waals surface area contributed by atoms with E-state index in [0.29, 0.717) is 47.8 Å². The summed E-state index contributed by atoms with van der Waals surface area (Å²) in [6.07, 6.45) is 0.956. The van der Waals surface area contributed by atoms with E-state index in [1.54, 1.807) is 4.90 Å². The second-order valence-electron chi connectivity index (χ2n) is 8.93. The Hall–Kier alpha value is -4.59. The summed E-state index contributed by atoms with van der Waals surface area (Å²) in [6, 6.07) is 22.6. The van der Waals surface area contributed by atoms with Crippen molar-refractivity contribution in [2.45, 2.75) is 26.3 Å². The minimum absolute atomic E-state index is 0.262. The average Bonchev–Trinajstić information content (AvgIpc) is 3.43. The predicted octanol–water partition coefficient (Wildman–Crippen LogP) is 5.77. The second kappa shape index (κ2) is 9.46. The van der Waals surface area contributed by atoms with Crippen LogP contribution in [0.15, 0.2) is 83.0 Å². The van der Waals surface area contributed by atoms with Crippen LogP contribution in [-0.4, -0.2) is 29.4 Å². The number of aryl methyl sites for hydroxylation is 1. The van der Waals surface area contributed by atoms with E-state index in [1.807, 2.05) is 67.6 Å². The molecule has 1 unspecified atom stereocenters. The fourth-order valence-corrected chi connectivity index (χ4v) is 4.74. The van der Waals surface area contributed by atoms with E-state index in [9.17, 15) is 4.79 Å². The van der Waals surface area contributed by atoms with Crippen molar-refractivity contribution in [3.05, 3.63) is 95.5 Å². The number of urea groups is 1. The number of aromatic nitrogens is 2. The van der Waals surface area contributed by atoms with Gasteiger partial charge in [-0.1, -0.05) is 66.7 Å². The second-order valence-corrected chi connectivity index (χ2v) is 8.93. The van der Waals surface area contributed by atoms with E-state index in [2.05, 4.69) is 29.5 Å². The molecule has 2 amide bonds. The van der Waals surface area contributed by atoms with Gasteiger partial charge in [0.05, 0.1) is 17.3 Å². The molecule has 8 nitrogen and oxygen atoms in total. The number of nitrogens with zero attached hydrogens (tertiary/aromatic N) is 3. The van der Waals surface area contributed by atoms with Crippen LogP contribution in [-0.2, 0) is 6.42 Å². The van der Waals surface area contributed by atoms with Crippen LogP contribution in [0.3, 0.4) is 0 Å². The quantitative estimate of drug-likeness (QED) is 0.379. The smallest absolute Gasteiger partial charge is 0.327 e. The Morgan fingerprint density at radius 1 is 0.973 bits per heavy atom. The molecule has 4 aromatic rings. The number of rotatable bonds is 5. The standard InChI is InChI=1S/C29H26N4O4/c1-3-19-9-11-21(12-10-19)27-31-28(37-32-27)25-18(2)33(22-13-14-23-24(17-22)36-16-15-35-23)29(34)30-26(25)20-7-5-4-6-8-20/h4-14,17,26H,3,15-16H2,1-2H3,(H,30,34). The summed E-state index contributed by atoms with van der Waals surface area (Å²) in [6.45, 7) is 4.97. The zero-order chi connectivity index (χ0) is 25.4. The molecule has 8 heteroatoms. The van der Waals surface area contributed by atoms with Crippen LogP contribution in [0, 0.1) is 0 Å². The Balaban J connectivity index is 1.45. The molecule has 1 atom stereocenters. The van der Waals surface area contributed by atoms with Crippen LogP contribution in [0.4, 0.5) is 10.5 Å². The van der Waals surface area contributed by atoms with E-state index < -0.39 is 6.04 Å². The van der Waals surface area contributed by atoms with Gasteiger partial charge in [-0.3, -0.25) is 4.90 Å². The third-order valence-corrected chi connectivity index (χ3v) is 6.68. The Bertz CT molecular complexity index is 1480. The van der Waals surface area contributed by atoms with Crippen molar-refractivity contribution in [3.63, 3.8) is 0 Å². The van der Waals surface area contributed by atoms with Gasteiger partial charge in [0.2, 0.25) is 5.82 Å². The lowest BCUT2D eigenvalue weighted by molar-refractivity contribution is 0.171. The first-order chi connectivity index (χ1) is 18.1. The molecule has 0 spiro atoms. The number of anilines is 1. The van der Waals surface area contributed by atoms with Gasteiger partial charge < -0.3 is 19.3 Å². The summed E-state index contributed by atoms with van der Waals surface area (Å²) < 4.78 is 17.2. The number of hydrogen-bond acceptors (Lipinski definition) is 6. The third-order valence-electron chi connectivity index (χ3n) is 6.68. The van der Waals surface area contributed by atoms with Crippen LogP contribution in [0.1, 0.15) is 36.9 Å². The van der Waals surface area contributed by atoms with Gasteiger partial charge in [-0.25, -0.2) is 4.79 Å². The van der Waals surface area contributed by atoms with Crippen LogP contribution in [0.5, 0.6) is 11.5 Å². The van der Waals surface area contributed by atoms with Crippen LogP contribution < -0.4 is 19.7 Å².